The Labute approximate surface area is 192 Å². The van der Waals surface area contributed by atoms with Crippen molar-refractivity contribution in [3.8, 4) is 6.07 Å². The van der Waals surface area contributed by atoms with E-state index >= 15 is 0 Å². The molecule has 1 amide bonds. The Morgan fingerprint density at radius 3 is 2.41 bits per heavy atom. The maximum absolute atomic E-state index is 12.9. The molecular formula is C27H37N3O2. The minimum absolute atomic E-state index is 0.0697. The average Bonchev–Trinajstić information content (AvgIpc) is 3.56. The second-order valence-corrected chi connectivity index (χ2v) is 10.9. The molecule has 2 saturated heterocycles. The Balaban J connectivity index is 1.10. The number of carbonyl (C=O) groups is 1. The number of aliphatic hydroxyl groups is 1. The number of amides is 1. The van der Waals surface area contributed by atoms with Crippen molar-refractivity contribution in [3.05, 3.63) is 35.9 Å². The molecule has 4 aliphatic rings. The van der Waals surface area contributed by atoms with Gasteiger partial charge in [-0.25, -0.2) is 0 Å². The van der Waals surface area contributed by atoms with E-state index in [1.807, 2.05) is 4.90 Å². The first-order valence-corrected chi connectivity index (χ1v) is 12.7. The highest BCUT2D eigenvalue weighted by Gasteiger charge is 2.51. The fourth-order valence-electron chi connectivity index (χ4n) is 6.66. The highest BCUT2D eigenvalue weighted by molar-refractivity contribution is 5.80. The van der Waals surface area contributed by atoms with Crippen LogP contribution < -0.4 is 0 Å². The Hall–Kier alpha value is -1.90. The molecule has 2 aliphatic heterocycles. The average molecular weight is 436 g/mol. The summed E-state index contributed by atoms with van der Waals surface area (Å²) in [5.74, 6) is 2.75. The van der Waals surface area contributed by atoms with Crippen molar-refractivity contribution >= 4 is 5.91 Å². The third kappa shape index (κ3) is 4.45. The van der Waals surface area contributed by atoms with Gasteiger partial charge in [-0.15, -0.1) is 0 Å². The first kappa shape index (κ1) is 21.9. The molecule has 1 aromatic carbocycles. The molecule has 0 bridgehead atoms. The van der Waals surface area contributed by atoms with Crippen LogP contribution >= 0.6 is 0 Å². The SMILES string of the molecule is N#CCC1(N2CCC(C[C@@H]3CC3c3ccccc3)CC2)CN(C(=O)C2CCC(O)CC2)C1. The van der Waals surface area contributed by atoms with E-state index in [1.54, 1.807) is 0 Å². The number of hydrogen-bond donors (Lipinski definition) is 1. The molecule has 5 nitrogen and oxygen atoms in total. The smallest absolute Gasteiger partial charge is 0.225 e. The van der Waals surface area contributed by atoms with Crippen LogP contribution in [0.2, 0.25) is 0 Å². The van der Waals surface area contributed by atoms with Crippen LogP contribution in [0.15, 0.2) is 30.3 Å². The molecule has 172 valence electrons. The van der Waals surface area contributed by atoms with Gasteiger partial charge in [0.05, 0.1) is 24.1 Å². The number of benzene rings is 1. The maximum Gasteiger partial charge on any atom is 0.225 e. The van der Waals surface area contributed by atoms with Gasteiger partial charge in [0.15, 0.2) is 0 Å². The summed E-state index contributed by atoms with van der Waals surface area (Å²) in [4.78, 5) is 17.4. The predicted molar refractivity (Wildman–Crippen MR) is 124 cm³/mol. The number of aliphatic hydroxyl groups excluding tert-OH is 1. The number of nitriles is 1. The number of likely N-dealkylation sites (tertiary alicyclic amines) is 2. The summed E-state index contributed by atoms with van der Waals surface area (Å²) in [7, 11) is 0. The number of carbonyl (C=O) groups excluding carboxylic acids is 1. The molecule has 2 aliphatic carbocycles. The lowest BCUT2D eigenvalue weighted by molar-refractivity contribution is -0.153. The zero-order valence-corrected chi connectivity index (χ0v) is 19.2. The van der Waals surface area contributed by atoms with E-state index in [4.69, 9.17) is 0 Å². The molecular weight excluding hydrogens is 398 g/mol. The van der Waals surface area contributed by atoms with Crippen LogP contribution in [-0.4, -0.2) is 58.6 Å². The second kappa shape index (κ2) is 9.15. The predicted octanol–water partition coefficient (Wildman–Crippen LogP) is 3.94. The molecule has 32 heavy (non-hydrogen) atoms. The van der Waals surface area contributed by atoms with Crippen molar-refractivity contribution in [2.75, 3.05) is 26.2 Å². The lowest BCUT2D eigenvalue weighted by Crippen LogP contribution is -2.72. The molecule has 5 rings (SSSR count). The Morgan fingerprint density at radius 2 is 1.75 bits per heavy atom. The second-order valence-electron chi connectivity index (χ2n) is 10.9. The normalized spacial score (nSPS) is 32.7. The van der Waals surface area contributed by atoms with Crippen molar-refractivity contribution < 1.29 is 9.90 Å². The summed E-state index contributed by atoms with van der Waals surface area (Å²) in [6, 6.07) is 13.4. The van der Waals surface area contributed by atoms with Gasteiger partial charge in [-0.1, -0.05) is 30.3 Å². The van der Waals surface area contributed by atoms with E-state index in [0.29, 0.717) is 19.5 Å². The van der Waals surface area contributed by atoms with Gasteiger partial charge in [0.1, 0.15) is 0 Å². The molecule has 2 saturated carbocycles. The number of hydrogen-bond acceptors (Lipinski definition) is 4. The summed E-state index contributed by atoms with van der Waals surface area (Å²) in [5.41, 5.74) is 1.38. The van der Waals surface area contributed by atoms with E-state index in [9.17, 15) is 15.2 Å². The van der Waals surface area contributed by atoms with Crippen LogP contribution in [-0.2, 0) is 4.79 Å². The summed E-state index contributed by atoms with van der Waals surface area (Å²) >= 11 is 0. The van der Waals surface area contributed by atoms with Crippen molar-refractivity contribution in [2.45, 2.75) is 75.3 Å². The van der Waals surface area contributed by atoms with Crippen molar-refractivity contribution in [1.82, 2.24) is 9.80 Å². The molecule has 1 unspecified atom stereocenters. The zero-order valence-electron chi connectivity index (χ0n) is 19.2. The molecule has 0 spiro atoms. The van der Waals surface area contributed by atoms with Crippen LogP contribution in [0, 0.1) is 29.1 Å². The van der Waals surface area contributed by atoms with Gasteiger partial charge in [-0.3, -0.25) is 9.69 Å². The summed E-state index contributed by atoms with van der Waals surface area (Å²) in [6.07, 6.45) is 8.52. The van der Waals surface area contributed by atoms with Crippen LogP contribution in [0.25, 0.3) is 0 Å². The monoisotopic (exact) mass is 435 g/mol. The van der Waals surface area contributed by atoms with Gasteiger partial charge in [0, 0.05) is 19.0 Å². The van der Waals surface area contributed by atoms with Gasteiger partial charge in [0.2, 0.25) is 5.91 Å². The Bertz CT molecular complexity index is 828. The van der Waals surface area contributed by atoms with E-state index in [-0.39, 0.29) is 23.5 Å². The van der Waals surface area contributed by atoms with E-state index < -0.39 is 0 Å². The van der Waals surface area contributed by atoms with E-state index in [1.165, 1.54) is 31.2 Å². The van der Waals surface area contributed by atoms with Crippen LogP contribution in [0.4, 0.5) is 0 Å². The van der Waals surface area contributed by atoms with E-state index in [0.717, 1.165) is 56.5 Å². The van der Waals surface area contributed by atoms with Gasteiger partial charge < -0.3 is 10.0 Å². The fraction of sp³-hybridized carbons (Fsp3) is 0.704. The van der Waals surface area contributed by atoms with Gasteiger partial charge in [-0.2, -0.15) is 5.26 Å². The highest BCUT2D eigenvalue weighted by Crippen LogP contribution is 2.52. The number of piperidine rings is 1. The lowest BCUT2D eigenvalue weighted by Gasteiger charge is -2.57. The van der Waals surface area contributed by atoms with Crippen molar-refractivity contribution in [3.63, 3.8) is 0 Å². The molecule has 1 aromatic rings. The van der Waals surface area contributed by atoms with Gasteiger partial charge in [-0.05, 0) is 87.8 Å². The molecule has 2 heterocycles. The lowest BCUT2D eigenvalue weighted by atomic mass is 9.79. The van der Waals surface area contributed by atoms with E-state index in [2.05, 4.69) is 41.3 Å². The Kier molecular flexibility index (Phi) is 6.27. The third-order valence-corrected chi connectivity index (χ3v) is 8.81. The minimum atomic E-state index is -0.229. The molecule has 1 N–H and O–H groups in total. The zero-order chi connectivity index (χ0) is 22.1. The maximum atomic E-state index is 12.9. The summed E-state index contributed by atoms with van der Waals surface area (Å²) in [5, 5.41) is 19.2. The summed E-state index contributed by atoms with van der Waals surface area (Å²) < 4.78 is 0. The first-order chi connectivity index (χ1) is 15.6. The van der Waals surface area contributed by atoms with Crippen LogP contribution in [0.1, 0.15) is 69.3 Å². The van der Waals surface area contributed by atoms with Crippen molar-refractivity contribution in [2.24, 2.45) is 17.8 Å². The molecule has 0 aromatic heterocycles. The highest BCUT2D eigenvalue weighted by atomic mass is 16.3. The van der Waals surface area contributed by atoms with Crippen molar-refractivity contribution in [1.29, 1.82) is 5.26 Å². The minimum Gasteiger partial charge on any atom is -0.393 e. The standard InChI is InChI=1S/C27H37N3O2/c28-13-12-27(18-29(19-27)26(32)22-6-8-24(31)9-7-22)30-14-10-20(11-15-30)16-23-17-25(23)21-4-2-1-3-5-21/h1-5,20,22-25,31H,6-12,14-19H2/t22?,23-,24?,25?/m1/s1. The van der Waals surface area contributed by atoms with Gasteiger partial charge in [0.25, 0.3) is 0 Å². The van der Waals surface area contributed by atoms with Gasteiger partial charge >= 0.3 is 0 Å². The van der Waals surface area contributed by atoms with Crippen LogP contribution in [0.5, 0.6) is 0 Å². The topological polar surface area (TPSA) is 67.6 Å². The quantitative estimate of drug-likeness (QED) is 0.735. The first-order valence-electron chi connectivity index (χ1n) is 12.7. The number of rotatable bonds is 6. The number of nitrogens with zero attached hydrogens (tertiary/aromatic N) is 3. The molecule has 2 atom stereocenters. The largest absolute Gasteiger partial charge is 0.393 e. The van der Waals surface area contributed by atoms with Crippen LogP contribution in [0.3, 0.4) is 0 Å². The molecule has 5 heteroatoms. The third-order valence-electron chi connectivity index (χ3n) is 8.81. The Morgan fingerprint density at radius 1 is 1.06 bits per heavy atom. The fourth-order valence-corrected chi connectivity index (χ4v) is 6.66. The molecule has 4 fully saturated rings. The summed E-state index contributed by atoms with van der Waals surface area (Å²) in [6.45, 7) is 3.54. The molecule has 0 radical (unpaired) electrons.